The second-order valence-electron chi connectivity index (χ2n) is 4.98. The van der Waals surface area contributed by atoms with Crippen molar-refractivity contribution < 1.29 is 14.3 Å². The number of nitrogens with one attached hydrogen (secondary N) is 3. The van der Waals surface area contributed by atoms with E-state index in [0.717, 1.165) is 11.3 Å². The van der Waals surface area contributed by atoms with Crippen LogP contribution in [0.5, 0.6) is 5.75 Å². The predicted molar refractivity (Wildman–Crippen MR) is 108 cm³/mol. The summed E-state index contributed by atoms with van der Waals surface area (Å²) in [6.07, 6.45) is 2.97. The van der Waals surface area contributed by atoms with Crippen molar-refractivity contribution in [3.63, 3.8) is 0 Å². The van der Waals surface area contributed by atoms with E-state index in [0.29, 0.717) is 10.0 Å². The van der Waals surface area contributed by atoms with Crippen molar-refractivity contribution in [3.8, 4) is 5.75 Å². The van der Waals surface area contributed by atoms with Gasteiger partial charge in [-0.2, -0.15) is 0 Å². The molecule has 0 spiro atoms. The van der Waals surface area contributed by atoms with Crippen molar-refractivity contribution in [2.75, 3.05) is 7.11 Å². The lowest BCUT2D eigenvalue weighted by Gasteiger charge is -2.10. The number of hydrogen-bond donors (Lipinski definition) is 3. The molecule has 8 heteroatoms. The Morgan fingerprint density at radius 1 is 1.08 bits per heavy atom. The van der Waals surface area contributed by atoms with Crippen molar-refractivity contribution in [3.05, 3.63) is 70.2 Å². The van der Waals surface area contributed by atoms with Crippen LogP contribution in [0.1, 0.15) is 15.9 Å². The number of methoxy groups -OCH3 is 1. The van der Waals surface area contributed by atoms with E-state index in [4.69, 9.17) is 17.0 Å². The molecule has 2 aromatic carbocycles. The molecule has 0 aliphatic heterocycles. The number of ether oxygens (including phenoxy) is 1. The molecule has 2 aromatic rings. The zero-order chi connectivity index (χ0) is 18.9. The Bertz CT molecular complexity index is 838. The van der Waals surface area contributed by atoms with Crippen LogP contribution in [0, 0.1) is 0 Å². The standard InChI is InChI=1S/C18H16BrN3O3S/c1-25-13-9-6-12(7-10-13)8-11-16(23)20-18(26)22-21-17(24)14-4-2-3-5-15(14)19/h2-11H,1H3,(H,21,24)(H2,20,22,23,26). The Kier molecular flexibility index (Phi) is 7.31. The van der Waals surface area contributed by atoms with Gasteiger partial charge >= 0.3 is 0 Å². The number of benzene rings is 2. The minimum atomic E-state index is -0.423. The minimum absolute atomic E-state index is 0.0187. The molecule has 2 rings (SSSR count). The van der Waals surface area contributed by atoms with Crippen LogP contribution >= 0.6 is 28.1 Å². The fourth-order valence-corrected chi connectivity index (χ4v) is 2.51. The van der Waals surface area contributed by atoms with Gasteiger partial charge in [0.2, 0.25) is 5.91 Å². The highest BCUT2D eigenvalue weighted by atomic mass is 79.9. The fraction of sp³-hybridized carbons (Fsp3) is 0.0556. The van der Waals surface area contributed by atoms with Crippen LogP contribution in [-0.4, -0.2) is 24.0 Å². The molecule has 3 N–H and O–H groups in total. The van der Waals surface area contributed by atoms with E-state index in [-0.39, 0.29) is 11.0 Å². The zero-order valence-corrected chi connectivity index (χ0v) is 16.2. The third-order valence-electron chi connectivity index (χ3n) is 3.19. The van der Waals surface area contributed by atoms with Gasteiger partial charge in [-0.3, -0.25) is 25.8 Å². The lowest BCUT2D eigenvalue weighted by Crippen LogP contribution is -2.48. The summed E-state index contributed by atoms with van der Waals surface area (Å²) in [5.41, 5.74) is 6.17. The van der Waals surface area contributed by atoms with Gasteiger partial charge in [0.1, 0.15) is 5.75 Å². The Hall–Kier alpha value is -2.71. The Morgan fingerprint density at radius 3 is 2.42 bits per heavy atom. The van der Waals surface area contributed by atoms with Crippen LogP contribution in [0.3, 0.4) is 0 Å². The van der Waals surface area contributed by atoms with Gasteiger partial charge in [0, 0.05) is 10.5 Å². The van der Waals surface area contributed by atoms with E-state index in [1.807, 2.05) is 12.1 Å². The molecule has 0 aliphatic rings. The van der Waals surface area contributed by atoms with Gasteiger partial charge < -0.3 is 4.74 Å². The van der Waals surface area contributed by atoms with Crippen LogP contribution < -0.4 is 20.9 Å². The highest BCUT2D eigenvalue weighted by Crippen LogP contribution is 2.15. The summed E-state index contributed by atoms with van der Waals surface area (Å²) in [7, 11) is 1.58. The molecule has 0 heterocycles. The van der Waals surface area contributed by atoms with Gasteiger partial charge in [0.15, 0.2) is 5.11 Å². The highest BCUT2D eigenvalue weighted by molar-refractivity contribution is 9.10. The normalized spacial score (nSPS) is 10.2. The van der Waals surface area contributed by atoms with Crippen LogP contribution in [0.25, 0.3) is 6.08 Å². The average molecular weight is 434 g/mol. The quantitative estimate of drug-likeness (QED) is 0.392. The van der Waals surface area contributed by atoms with Crippen LogP contribution in [-0.2, 0) is 4.79 Å². The van der Waals surface area contributed by atoms with Crippen molar-refractivity contribution in [2.45, 2.75) is 0 Å². The Balaban J connectivity index is 1.81. The van der Waals surface area contributed by atoms with Gasteiger partial charge in [-0.25, -0.2) is 0 Å². The van der Waals surface area contributed by atoms with E-state index in [2.05, 4.69) is 32.1 Å². The SMILES string of the molecule is COc1ccc(C=CC(=O)NC(=S)NNC(=O)c2ccccc2Br)cc1. The summed E-state index contributed by atoms with van der Waals surface area (Å²) in [4.78, 5) is 23.9. The lowest BCUT2D eigenvalue weighted by molar-refractivity contribution is -0.115. The molecule has 2 amide bonds. The molecule has 0 aliphatic carbocycles. The monoisotopic (exact) mass is 433 g/mol. The van der Waals surface area contributed by atoms with Crippen molar-refractivity contribution in [1.29, 1.82) is 0 Å². The van der Waals surface area contributed by atoms with Crippen molar-refractivity contribution >= 4 is 51.2 Å². The third-order valence-corrected chi connectivity index (χ3v) is 4.08. The first kappa shape index (κ1) is 19.6. The molecule has 6 nitrogen and oxygen atoms in total. The Labute approximate surface area is 164 Å². The molecule has 0 unspecified atom stereocenters. The molecule has 0 atom stereocenters. The predicted octanol–water partition coefficient (Wildman–Crippen LogP) is 2.81. The average Bonchev–Trinajstić information content (AvgIpc) is 2.65. The van der Waals surface area contributed by atoms with Crippen molar-refractivity contribution in [1.82, 2.24) is 16.2 Å². The molecular formula is C18H16BrN3O3S. The van der Waals surface area contributed by atoms with Gasteiger partial charge in [0.25, 0.3) is 5.91 Å². The van der Waals surface area contributed by atoms with Gasteiger partial charge in [0.05, 0.1) is 12.7 Å². The van der Waals surface area contributed by atoms with E-state index >= 15 is 0 Å². The minimum Gasteiger partial charge on any atom is -0.497 e. The van der Waals surface area contributed by atoms with Crippen LogP contribution in [0.4, 0.5) is 0 Å². The van der Waals surface area contributed by atoms with E-state index in [9.17, 15) is 9.59 Å². The van der Waals surface area contributed by atoms with Gasteiger partial charge in [-0.1, -0.05) is 24.3 Å². The summed E-state index contributed by atoms with van der Waals surface area (Å²) < 4.78 is 5.72. The van der Waals surface area contributed by atoms with Crippen molar-refractivity contribution in [2.24, 2.45) is 0 Å². The molecule has 0 saturated heterocycles. The zero-order valence-electron chi connectivity index (χ0n) is 13.8. The van der Waals surface area contributed by atoms with Gasteiger partial charge in [-0.05, 0) is 64.1 Å². The number of halogens is 1. The maximum atomic E-state index is 12.0. The van der Waals surface area contributed by atoms with E-state index < -0.39 is 5.91 Å². The number of amides is 2. The van der Waals surface area contributed by atoms with Gasteiger partial charge in [-0.15, -0.1) is 0 Å². The molecule has 0 bridgehead atoms. The molecule has 26 heavy (non-hydrogen) atoms. The first-order chi connectivity index (χ1) is 12.5. The van der Waals surface area contributed by atoms with E-state index in [1.165, 1.54) is 6.08 Å². The molecule has 0 saturated carbocycles. The number of rotatable bonds is 4. The largest absolute Gasteiger partial charge is 0.497 e. The number of carbonyl (C=O) groups excluding carboxylic acids is 2. The number of carbonyl (C=O) groups is 2. The van der Waals surface area contributed by atoms with Crippen LogP contribution in [0.15, 0.2) is 59.1 Å². The molecule has 134 valence electrons. The Morgan fingerprint density at radius 2 is 1.77 bits per heavy atom. The summed E-state index contributed by atoms with van der Waals surface area (Å²) in [6.45, 7) is 0. The topological polar surface area (TPSA) is 79.5 Å². The number of hydrogen-bond acceptors (Lipinski definition) is 4. The molecular weight excluding hydrogens is 418 g/mol. The highest BCUT2D eigenvalue weighted by Gasteiger charge is 2.09. The molecule has 0 fully saturated rings. The molecule has 0 radical (unpaired) electrons. The summed E-state index contributed by atoms with van der Waals surface area (Å²) in [5, 5.41) is 2.42. The third kappa shape index (κ3) is 5.98. The number of hydrazine groups is 1. The van der Waals surface area contributed by atoms with Crippen LogP contribution in [0.2, 0.25) is 0 Å². The fourth-order valence-electron chi connectivity index (χ4n) is 1.90. The second-order valence-corrected chi connectivity index (χ2v) is 6.25. The summed E-state index contributed by atoms with van der Waals surface area (Å²) in [5.74, 6) is -0.0749. The smallest absolute Gasteiger partial charge is 0.270 e. The summed E-state index contributed by atoms with van der Waals surface area (Å²) in [6, 6.07) is 14.2. The maximum Gasteiger partial charge on any atom is 0.270 e. The first-order valence-corrected chi connectivity index (χ1v) is 8.67. The second kappa shape index (κ2) is 9.69. The molecule has 0 aromatic heterocycles. The first-order valence-electron chi connectivity index (χ1n) is 7.47. The summed E-state index contributed by atoms with van der Waals surface area (Å²) >= 11 is 8.26. The van der Waals surface area contributed by atoms with E-state index in [1.54, 1.807) is 49.6 Å². The maximum absolute atomic E-state index is 12.0. The number of thiocarbonyl (C=S) groups is 1. The lowest BCUT2D eigenvalue weighted by atomic mass is 10.2.